The lowest BCUT2D eigenvalue weighted by Crippen LogP contribution is -2.23. The molecular formula is C21H20N2O2S. The molecule has 26 heavy (non-hydrogen) atoms. The first-order valence-corrected chi connectivity index (χ1v) is 9.55. The lowest BCUT2D eigenvalue weighted by molar-refractivity contribution is 0.0949. The van der Waals surface area contributed by atoms with Crippen LogP contribution in [0.4, 0.5) is 5.69 Å². The molecule has 0 unspecified atom stereocenters. The van der Waals surface area contributed by atoms with Crippen molar-refractivity contribution in [2.45, 2.75) is 30.7 Å². The van der Waals surface area contributed by atoms with Crippen LogP contribution in [0.25, 0.3) is 0 Å². The van der Waals surface area contributed by atoms with E-state index in [1.165, 1.54) is 35.9 Å². The summed E-state index contributed by atoms with van der Waals surface area (Å²) in [6.45, 7) is 0.373. The monoisotopic (exact) mass is 364 g/mol. The lowest BCUT2D eigenvalue weighted by Gasteiger charge is -2.12. The fourth-order valence-electron chi connectivity index (χ4n) is 3.17. The van der Waals surface area contributed by atoms with Gasteiger partial charge in [-0.2, -0.15) is 0 Å². The van der Waals surface area contributed by atoms with Gasteiger partial charge < -0.3 is 14.5 Å². The van der Waals surface area contributed by atoms with E-state index in [9.17, 15) is 4.79 Å². The third-order valence-electron chi connectivity index (χ3n) is 4.52. The molecule has 4 nitrogen and oxygen atoms in total. The third-order valence-corrected chi connectivity index (χ3v) is 5.34. The number of carbonyl (C=O) groups excluding carboxylic acids is 1. The van der Waals surface area contributed by atoms with Gasteiger partial charge in [-0.25, -0.2) is 0 Å². The Morgan fingerprint density at radius 1 is 1.04 bits per heavy atom. The van der Waals surface area contributed by atoms with Gasteiger partial charge in [0.2, 0.25) is 0 Å². The van der Waals surface area contributed by atoms with Gasteiger partial charge in [0.05, 0.1) is 24.1 Å². The van der Waals surface area contributed by atoms with E-state index in [4.69, 9.17) is 4.42 Å². The highest BCUT2D eigenvalue weighted by Crippen LogP contribution is 2.29. The Bertz CT molecular complexity index is 906. The Hall–Kier alpha value is -2.66. The molecule has 1 heterocycles. The third kappa shape index (κ3) is 3.78. The molecule has 0 radical (unpaired) electrons. The van der Waals surface area contributed by atoms with Crippen molar-refractivity contribution in [2.75, 3.05) is 4.72 Å². The smallest absolute Gasteiger partial charge is 0.253 e. The van der Waals surface area contributed by atoms with E-state index < -0.39 is 0 Å². The number of rotatable bonds is 6. The van der Waals surface area contributed by atoms with Crippen LogP contribution < -0.4 is 10.0 Å². The molecule has 0 saturated carbocycles. The number of fused-ring (bicyclic) bond motifs is 1. The number of nitrogens with one attached hydrogen (secondary N) is 2. The van der Waals surface area contributed by atoms with E-state index in [0.717, 1.165) is 22.8 Å². The minimum Gasteiger partial charge on any atom is -0.467 e. The first kappa shape index (κ1) is 16.8. The van der Waals surface area contributed by atoms with E-state index in [-0.39, 0.29) is 5.91 Å². The summed E-state index contributed by atoms with van der Waals surface area (Å²) in [5, 5.41) is 2.89. The first-order chi connectivity index (χ1) is 12.8. The molecule has 0 aliphatic heterocycles. The SMILES string of the molecule is O=C(NCc1ccco1)c1ccccc1NSc1ccc2c(c1)CCC2. The summed E-state index contributed by atoms with van der Waals surface area (Å²) < 4.78 is 8.58. The van der Waals surface area contributed by atoms with Gasteiger partial charge in [-0.1, -0.05) is 18.2 Å². The maximum absolute atomic E-state index is 12.5. The molecule has 2 aromatic carbocycles. The van der Waals surface area contributed by atoms with Crippen molar-refractivity contribution in [2.24, 2.45) is 0 Å². The second-order valence-electron chi connectivity index (χ2n) is 6.30. The average Bonchev–Trinajstić information content (AvgIpc) is 3.35. The van der Waals surface area contributed by atoms with Crippen molar-refractivity contribution < 1.29 is 9.21 Å². The summed E-state index contributed by atoms with van der Waals surface area (Å²) >= 11 is 1.54. The normalized spacial score (nSPS) is 12.6. The molecule has 132 valence electrons. The Morgan fingerprint density at radius 3 is 2.81 bits per heavy atom. The van der Waals surface area contributed by atoms with Crippen LogP contribution in [0.2, 0.25) is 0 Å². The Balaban J connectivity index is 1.43. The average molecular weight is 364 g/mol. The number of hydrogen-bond acceptors (Lipinski definition) is 4. The van der Waals surface area contributed by atoms with Crippen molar-refractivity contribution in [3.8, 4) is 0 Å². The second kappa shape index (κ2) is 7.70. The van der Waals surface area contributed by atoms with Gasteiger partial charge in [0, 0.05) is 4.90 Å². The quantitative estimate of drug-likeness (QED) is 0.616. The molecule has 1 amide bonds. The minimum atomic E-state index is -0.126. The van der Waals surface area contributed by atoms with Crippen molar-refractivity contribution in [1.29, 1.82) is 0 Å². The van der Waals surface area contributed by atoms with Crippen LogP contribution in [0.3, 0.4) is 0 Å². The van der Waals surface area contributed by atoms with Crippen molar-refractivity contribution in [1.82, 2.24) is 5.32 Å². The van der Waals surface area contributed by atoms with E-state index in [2.05, 4.69) is 28.2 Å². The Morgan fingerprint density at radius 2 is 1.92 bits per heavy atom. The number of anilines is 1. The molecule has 0 bridgehead atoms. The standard InChI is InChI=1S/C21H20N2O2S/c24-21(22-14-17-7-4-12-25-17)19-8-1-2-9-20(19)23-26-18-11-10-15-5-3-6-16(15)13-18/h1-2,4,7-13,23H,3,5-6,14H2,(H,22,24). The summed E-state index contributed by atoms with van der Waals surface area (Å²) in [7, 11) is 0. The van der Waals surface area contributed by atoms with Crippen LogP contribution in [-0.2, 0) is 19.4 Å². The minimum absolute atomic E-state index is 0.126. The van der Waals surface area contributed by atoms with Gasteiger partial charge in [-0.15, -0.1) is 0 Å². The van der Waals surface area contributed by atoms with E-state index >= 15 is 0 Å². The Kier molecular flexibility index (Phi) is 4.97. The molecule has 1 aromatic heterocycles. The zero-order chi connectivity index (χ0) is 17.8. The molecule has 1 aliphatic rings. The van der Waals surface area contributed by atoms with Crippen LogP contribution in [0, 0.1) is 0 Å². The van der Waals surface area contributed by atoms with Gasteiger partial charge >= 0.3 is 0 Å². The Labute approximate surface area is 157 Å². The first-order valence-electron chi connectivity index (χ1n) is 8.74. The number of aryl methyl sites for hydroxylation is 2. The molecule has 3 aromatic rings. The van der Waals surface area contributed by atoms with Crippen molar-refractivity contribution >= 4 is 23.5 Å². The number of carbonyl (C=O) groups is 1. The van der Waals surface area contributed by atoms with Crippen molar-refractivity contribution in [3.05, 3.63) is 83.3 Å². The van der Waals surface area contributed by atoms with Gasteiger partial charge in [-0.3, -0.25) is 4.79 Å². The number of hydrogen-bond donors (Lipinski definition) is 2. The van der Waals surface area contributed by atoms with Crippen molar-refractivity contribution in [3.63, 3.8) is 0 Å². The fourth-order valence-corrected chi connectivity index (χ4v) is 3.91. The molecule has 2 N–H and O–H groups in total. The van der Waals surface area contributed by atoms with E-state index in [1.54, 1.807) is 6.26 Å². The molecular weight excluding hydrogens is 344 g/mol. The van der Waals surface area contributed by atoms with Crippen LogP contribution in [-0.4, -0.2) is 5.91 Å². The van der Waals surface area contributed by atoms with Crippen LogP contribution in [0.15, 0.2) is 70.2 Å². The van der Waals surface area contributed by atoms with Gasteiger partial charge in [0.15, 0.2) is 0 Å². The summed E-state index contributed by atoms with van der Waals surface area (Å²) in [6.07, 6.45) is 5.20. The van der Waals surface area contributed by atoms with Crippen LogP contribution in [0.1, 0.15) is 33.7 Å². The molecule has 1 aliphatic carbocycles. The number of para-hydroxylation sites is 1. The van der Waals surface area contributed by atoms with Crippen LogP contribution >= 0.6 is 11.9 Å². The highest BCUT2D eigenvalue weighted by molar-refractivity contribution is 8.00. The molecule has 0 fully saturated rings. The summed E-state index contributed by atoms with van der Waals surface area (Å²) in [5.41, 5.74) is 4.33. The molecule has 0 saturated heterocycles. The van der Waals surface area contributed by atoms with E-state index in [1.807, 2.05) is 36.4 Å². The van der Waals surface area contributed by atoms with Gasteiger partial charge in [-0.05, 0) is 78.7 Å². The van der Waals surface area contributed by atoms with Gasteiger partial charge in [0.25, 0.3) is 5.91 Å². The number of amides is 1. The van der Waals surface area contributed by atoms with Crippen LogP contribution in [0.5, 0.6) is 0 Å². The molecule has 4 rings (SSSR count). The molecule has 0 atom stereocenters. The fraction of sp³-hybridized carbons (Fsp3) is 0.190. The topological polar surface area (TPSA) is 54.3 Å². The molecule has 5 heteroatoms. The van der Waals surface area contributed by atoms with Gasteiger partial charge in [0.1, 0.15) is 5.76 Å². The maximum atomic E-state index is 12.5. The lowest BCUT2D eigenvalue weighted by atomic mass is 10.1. The highest BCUT2D eigenvalue weighted by atomic mass is 32.2. The zero-order valence-corrected chi connectivity index (χ0v) is 15.1. The summed E-state index contributed by atoms with van der Waals surface area (Å²) in [4.78, 5) is 13.7. The predicted octanol–water partition coefficient (Wildman–Crippen LogP) is 4.82. The highest BCUT2D eigenvalue weighted by Gasteiger charge is 2.13. The predicted molar refractivity (Wildman–Crippen MR) is 104 cm³/mol. The number of furan rings is 1. The summed E-state index contributed by atoms with van der Waals surface area (Å²) in [6, 6.07) is 17.8. The largest absolute Gasteiger partial charge is 0.467 e. The maximum Gasteiger partial charge on any atom is 0.253 e. The zero-order valence-electron chi connectivity index (χ0n) is 14.3. The molecule has 0 spiro atoms. The summed E-state index contributed by atoms with van der Waals surface area (Å²) in [5.74, 6) is 0.607. The second-order valence-corrected chi connectivity index (χ2v) is 7.18. The van der Waals surface area contributed by atoms with E-state index in [0.29, 0.717) is 12.1 Å². The number of benzene rings is 2.